The molecular formula is C22H22N4O2. The summed E-state index contributed by atoms with van der Waals surface area (Å²) in [5.41, 5.74) is 10.7. The highest BCUT2D eigenvalue weighted by Crippen LogP contribution is 2.35. The van der Waals surface area contributed by atoms with Crippen LogP contribution >= 0.6 is 0 Å². The van der Waals surface area contributed by atoms with Crippen LogP contribution in [0.2, 0.25) is 0 Å². The maximum absolute atomic E-state index is 9.43. The molecule has 1 heterocycles. The summed E-state index contributed by atoms with van der Waals surface area (Å²) in [6.45, 7) is 3.84. The Balaban J connectivity index is 1.70. The average molecular weight is 374 g/mol. The van der Waals surface area contributed by atoms with Gasteiger partial charge in [-0.05, 0) is 62.4 Å². The number of hydrogen-bond donors (Lipinski definition) is 1. The van der Waals surface area contributed by atoms with E-state index < -0.39 is 0 Å². The smallest absolute Gasteiger partial charge is 0.258 e. The standard InChI is InChI=1S/C22H22N4O2/c1-13(2)27-20-10-9-14(11-15(20)12-23)22-25-21(26-28-22)18-7-3-6-17-16(18)5-4-8-19(17)24/h3,6-7,9-11,13,19H,4-5,8,24H2,1-2H3. The second-order valence-electron chi connectivity index (χ2n) is 7.28. The SMILES string of the molecule is CC(C)Oc1ccc(-c2nc(-c3cccc4c3CCCC4N)no2)cc1C#N. The van der Waals surface area contributed by atoms with E-state index in [9.17, 15) is 5.26 Å². The number of fused-ring (bicyclic) bond motifs is 1. The third kappa shape index (κ3) is 3.37. The van der Waals surface area contributed by atoms with Gasteiger partial charge in [-0.2, -0.15) is 10.2 Å². The molecule has 0 aliphatic heterocycles. The van der Waals surface area contributed by atoms with Crippen LogP contribution in [0.1, 0.15) is 49.4 Å². The van der Waals surface area contributed by atoms with Gasteiger partial charge in [0.2, 0.25) is 5.82 Å². The van der Waals surface area contributed by atoms with E-state index in [-0.39, 0.29) is 12.1 Å². The molecule has 28 heavy (non-hydrogen) atoms. The van der Waals surface area contributed by atoms with Crippen molar-refractivity contribution in [2.45, 2.75) is 45.3 Å². The molecule has 0 saturated carbocycles. The molecule has 2 aromatic carbocycles. The van der Waals surface area contributed by atoms with Gasteiger partial charge in [-0.3, -0.25) is 0 Å². The zero-order chi connectivity index (χ0) is 19.7. The fraction of sp³-hybridized carbons (Fsp3) is 0.318. The molecule has 1 aromatic heterocycles. The molecule has 0 bridgehead atoms. The van der Waals surface area contributed by atoms with E-state index in [1.807, 2.05) is 32.0 Å². The molecule has 6 heteroatoms. The summed E-state index contributed by atoms with van der Waals surface area (Å²) in [4.78, 5) is 4.58. The van der Waals surface area contributed by atoms with E-state index in [1.165, 1.54) is 5.56 Å². The van der Waals surface area contributed by atoms with Crippen molar-refractivity contribution in [1.82, 2.24) is 10.1 Å². The number of rotatable bonds is 4. The molecule has 3 aromatic rings. The minimum Gasteiger partial charge on any atom is -0.490 e. The summed E-state index contributed by atoms with van der Waals surface area (Å²) in [6, 6.07) is 13.6. The molecule has 0 saturated heterocycles. The maximum Gasteiger partial charge on any atom is 0.258 e. The number of nitrogens with zero attached hydrogens (tertiary/aromatic N) is 3. The zero-order valence-electron chi connectivity index (χ0n) is 16.0. The number of aromatic nitrogens is 2. The predicted molar refractivity (Wildman–Crippen MR) is 106 cm³/mol. The molecule has 0 spiro atoms. The summed E-state index contributed by atoms with van der Waals surface area (Å²) >= 11 is 0. The lowest BCUT2D eigenvalue weighted by atomic mass is 9.85. The summed E-state index contributed by atoms with van der Waals surface area (Å²) in [5, 5.41) is 13.6. The minimum absolute atomic E-state index is 0.0106. The van der Waals surface area contributed by atoms with Gasteiger partial charge in [-0.1, -0.05) is 23.4 Å². The van der Waals surface area contributed by atoms with Crippen LogP contribution in [0.5, 0.6) is 5.75 Å². The first-order valence-corrected chi connectivity index (χ1v) is 9.49. The molecule has 4 rings (SSSR count). The Kier molecular flexibility index (Phi) is 4.84. The third-order valence-electron chi connectivity index (χ3n) is 4.93. The first kappa shape index (κ1) is 18.2. The monoisotopic (exact) mass is 374 g/mol. The van der Waals surface area contributed by atoms with E-state index in [2.05, 4.69) is 22.3 Å². The van der Waals surface area contributed by atoms with Crippen molar-refractivity contribution in [3.8, 4) is 34.7 Å². The fourth-order valence-electron chi connectivity index (χ4n) is 3.65. The van der Waals surface area contributed by atoms with Gasteiger partial charge in [0.15, 0.2) is 0 Å². The highest BCUT2D eigenvalue weighted by molar-refractivity contribution is 5.66. The van der Waals surface area contributed by atoms with Crippen LogP contribution in [-0.4, -0.2) is 16.2 Å². The van der Waals surface area contributed by atoms with E-state index in [4.69, 9.17) is 15.0 Å². The Morgan fingerprint density at radius 3 is 2.93 bits per heavy atom. The van der Waals surface area contributed by atoms with Crippen molar-refractivity contribution in [2.75, 3.05) is 0 Å². The number of benzene rings is 2. The highest BCUT2D eigenvalue weighted by atomic mass is 16.5. The Morgan fingerprint density at radius 2 is 2.14 bits per heavy atom. The highest BCUT2D eigenvalue weighted by Gasteiger charge is 2.22. The Labute approximate surface area is 163 Å². The lowest BCUT2D eigenvalue weighted by Crippen LogP contribution is -2.18. The zero-order valence-corrected chi connectivity index (χ0v) is 16.0. The minimum atomic E-state index is -0.0106. The number of nitriles is 1. The van der Waals surface area contributed by atoms with Gasteiger partial charge < -0.3 is 15.0 Å². The van der Waals surface area contributed by atoms with Crippen molar-refractivity contribution >= 4 is 0 Å². The van der Waals surface area contributed by atoms with Gasteiger partial charge in [0.1, 0.15) is 11.8 Å². The molecule has 0 fully saturated rings. The second kappa shape index (κ2) is 7.45. The van der Waals surface area contributed by atoms with Gasteiger partial charge in [-0.15, -0.1) is 0 Å². The third-order valence-corrected chi connectivity index (χ3v) is 4.93. The van der Waals surface area contributed by atoms with Crippen LogP contribution in [-0.2, 0) is 6.42 Å². The number of ether oxygens (including phenoxy) is 1. The molecule has 1 atom stereocenters. The molecule has 0 amide bonds. The molecule has 1 unspecified atom stereocenters. The first-order chi connectivity index (χ1) is 13.6. The molecule has 0 radical (unpaired) electrons. The van der Waals surface area contributed by atoms with Crippen molar-refractivity contribution in [3.05, 3.63) is 53.1 Å². The molecular weight excluding hydrogens is 352 g/mol. The lowest BCUT2D eigenvalue weighted by Gasteiger charge is -2.23. The molecule has 6 nitrogen and oxygen atoms in total. The van der Waals surface area contributed by atoms with Crippen LogP contribution in [0, 0.1) is 11.3 Å². The predicted octanol–water partition coefficient (Wildman–Crippen LogP) is 4.40. The van der Waals surface area contributed by atoms with E-state index in [0.717, 1.165) is 30.4 Å². The van der Waals surface area contributed by atoms with Crippen LogP contribution < -0.4 is 10.5 Å². The van der Waals surface area contributed by atoms with Crippen LogP contribution in [0.3, 0.4) is 0 Å². The Morgan fingerprint density at radius 1 is 1.29 bits per heavy atom. The summed E-state index contributed by atoms with van der Waals surface area (Å²) < 4.78 is 11.2. The van der Waals surface area contributed by atoms with Crippen molar-refractivity contribution in [3.63, 3.8) is 0 Å². The van der Waals surface area contributed by atoms with Gasteiger partial charge in [0.05, 0.1) is 11.7 Å². The fourth-order valence-corrected chi connectivity index (χ4v) is 3.65. The number of nitrogens with two attached hydrogens (primary N) is 1. The van der Waals surface area contributed by atoms with Gasteiger partial charge in [0.25, 0.3) is 5.89 Å². The van der Waals surface area contributed by atoms with Gasteiger partial charge in [-0.25, -0.2) is 0 Å². The van der Waals surface area contributed by atoms with Crippen LogP contribution in [0.15, 0.2) is 40.9 Å². The molecule has 142 valence electrons. The van der Waals surface area contributed by atoms with E-state index >= 15 is 0 Å². The van der Waals surface area contributed by atoms with Gasteiger partial charge in [0, 0.05) is 17.2 Å². The van der Waals surface area contributed by atoms with Crippen LogP contribution in [0.4, 0.5) is 0 Å². The van der Waals surface area contributed by atoms with E-state index in [1.54, 1.807) is 12.1 Å². The van der Waals surface area contributed by atoms with Crippen molar-refractivity contribution in [1.29, 1.82) is 5.26 Å². The first-order valence-electron chi connectivity index (χ1n) is 9.49. The van der Waals surface area contributed by atoms with Crippen LogP contribution in [0.25, 0.3) is 22.8 Å². The maximum atomic E-state index is 9.43. The largest absolute Gasteiger partial charge is 0.490 e. The molecule has 2 N–H and O–H groups in total. The topological polar surface area (TPSA) is 98.0 Å². The quantitative estimate of drug-likeness (QED) is 0.727. The van der Waals surface area contributed by atoms with E-state index in [0.29, 0.717) is 28.6 Å². The van der Waals surface area contributed by atoms with Crippen molar-refractivity contribution < 1.29 is 9.26 Å². The number of hydrogen-bond acceptors (Lipinski definition) is 6. The molecule has 1 aliphatic carbocycles. The summed E-state index contributed by atoms with van der Waals surface area (Å²) in [6.07, 6.45) is 3.00. The summed E-state index contributed by atoms with van der Waals surface area (Å²) in [7, 11) is 0. The molecule has 1 aliphatic rings. The summed E-state index contributed by atoms with van der Waals surface area (Å²) in [5.74, 6) is 1.47. The van der Waals surface area contributed by atoms with Gasteiger partial charge >= 0.3 is 0 Å². The second-order valence-corrected chi connectivity index (χ2v) is 7.28. The Bertz CT molecular complexity index is 1050. The lowest BCUT2D eigenvalue weighted by molar-refractivity contribution is 0.242. The average Bonchev–Trinajstić information content (AvgIpc) is 3.18. The van der Waals surface area contributed by atoms with Crippen molar-refractivity contribution in [2.24, 2.45) is 5.73 Å². The Hall–Kier alpha value is -3.17. The normalized spacial score (nSPS) is 15.9.